The fourth-order valence-electron chi connectivity index (χ4n) is 13.0. The zero-order chi connectivity index (χ0) is 78.5. The first-order valence-electron chi connectivity index (χ1n) is 36.0. The molecule has 1 fully saturated rings. The minimum absolute atomic E-state index is 0. The van der Waals surface area contributed by atoms with Crippen LogP contribution in [0.25, 0.3) is 43.6 Å². The molecule has 6 N–H and O–H groups in total. The number of anilines is 1. The van der Waals surface area contributed by atoms with Gasteiger partial charge in [-0.05, 0) is 147 Å². The van der Waals surface area contributed by atoms with Gasteiger partial charge in [0.1, 0.15) is 11.4 Å². The second kappa shape index (κ2) is 42.0. The van der Waals surface area contributed by atoms with Crippen molar-refractivity contribution in [3.05, 3.63) is 164 Å². The highest BCUT2D eigenvalue weighted by Gasteiger charge is 2.33. The normalized spacial score (nSPS) is 14.0. The summed E-state index contributed by atoms with van der Waals surface area (Å²) in [5, 5.41) is 12.1. The topological polar surface area (TPSA) is 291 Å². The molecule has 0 bridgehead atoms. The molecule has 5 aromatic carbocycles. The molecule has 590 valence electrons. The number of hydrogen-bond acceptors (Lipinski definition) is 16. The number of aromatic amines is 2. The fourth-order valence-corrected chi connectivity index (χ4v) is 14.7. The van der Waals surface area contributed by atoms with Crippen molar-refractivity contribution < 1.29 is 67.1 Å². The van der Waals surface area contributed by atoms with Gasteiger partial charge in [-0.15, -0.1) is 12.4 Å². The number of nitrogens with two attached hydrogens (primary N) is 1. The van der Waals surface area contributed by atoms with E-state index in [0.717, 1.165) is 87.1 Å². The van der Waals surface area contributed by atoms with Crippen LogP contribution in [0.4, 0.5) is 34.5 Å². The minimum atomic E-state index is -0.582. The first-order valence-corrected chi connectivity index (χ1v) is 40.0. The van der Waals surface area contributed by atoms with Gasteiger partial charge in [0, 0.05) is 203 Å². The third-order valence-corrected chi connectivity index (χ3v) is 20.4. The molecular formula is C78H97Br5ClN11O14. The number of aliphatic hydroxyl groups is 1. The van der Waals surface area contributed by atoms with Crippen molar-refractivity contribution in [1.29, 1.82) is 0 Å². The Morgan fingerprint density at radius 2 is 0.835 bits per heavy atom. The largest absolute Gasteiger partial charge is 0.450 e. The van der Waals surface area contributed by atoms with Crippen molar-refractivity contribution in [3.8, 4) is 0 Å². The molecule has 0 radical (unpaired) electrons. The molecule has 5 aliphatic rings. The molecule has 0 saturated carbocycles. The third kappa shape index (κ3) is 23.6. The average Bonchev–Trinajstić information content (AvgIpc) is 1.61. The van der Waals surface area contributed by atoms with Gasteiger partial charge < -0.3 is 78.0 Å². The third-order valence-electron chi connectivity index (χ3n) is 17.9. The van der Waals surface area contributed by atoms with Crippen LogP contribution in [0, 0.1) is 0 Å². The number of carbonyl (C=O) groups excluding carboxylic acids is 7. The molecule has 31 heteroatoms. The number of aryl methyl sites for hydroxylation is 1. The van der Waals surface area contributed by atoms with Crippen molar-refractivity contribution >= 4 is 184 Å². The standard InChI is InChI=1S/C19H23BrN2O4.C15H17BrN2O2.2C14H15BrN2O2.C8H13NO3.C6H7BrN2.C2H6O.ClH/c1-5-25-17(23)21-9-8-16-14(11-21)13-10-12(20)6-7-15(13)22(16)18(24)26-19(2,3)4;1-3-20-15(19)18-7-6-13-12(9-18)11-5-4-10(16)8-14(11)17(13)2;1-2-19-14(18)17-6-5-13-11(8-17)10-7-9(15)3-4-12(10)16-13;1-2-19-14(18)17-6-5-12-11(8-17)10-4-3-9(15)7-13(10)16-12;1-2-12-8(11)9-5-3-7(10)4-6-9;7-5-1-3-6(9-8)4-2-5;1-2-3;/h6-7,10H,5,8-9,11H2,1-4H3;4-5,8H,3,6-7,9H2,1-2H3;2*3-4,7,16H,2,5-6,8H2,1H3;2-6H2,1H3;1-4,9H,8H2;3H,2H2,1H3;1H. The van der Waals surface area contributed by atoms with Gasteiger partial charge in [-0.2, -0.15) is 0 Å². The van der Waals surface area contributed by atoms with Crippen molar-refractivity contribution in [2.75, 3.05) is 84.3 Å². The predicted octanol–water partition coefficient (Wildman–Crippen LogP) is 18.0. The number of piperidine rings is 1. The van der Waals surface area contributed by atoms with Crippen LogP contribution in [-0.4, -0.2) is 176 Å². The molecule has 9 aromatic rings. The van der Waals surface area contributed by atoms with Crippen molar-refractivity contribution in [2.24, 2.45) is 12.9 Å². The highest BCUT2D eigenvalue weighted by atomic mass is 79.9. The summed E-state index contributed by atoms with van der Waals surface area (Å²) in [5.41, 5.74) is 16.4. The molecule has 14 rings (SSSR count). The van der Waals surface area contributed by atoms with Gasteiger partial charge in [0.25, 0.3) is 0 Å². The number of hydrogen-bond donors (Lipinski definition) is 5. The molecule has 0 atom stereocenters. The number of likely N-dealkylation sites (tertiary alicyclic amines) is 1. The Hall–Kier alpha value is -7.84. The number of halogens is 6. The quantitative estimate of drug-likeness (QED) is 0.0587. The number of rotatable bonds is 6. The molecule has 25 nitrogen and oxygen atoms in total. The second-order valence-electron chi connectivity index (χ2n) is 26.3. The number of carbonyl (C=O) groups is 7. The zero-order valence-electron chi connectivity index (χ0n) is 63.1. The number of aromatic nitrogens is 4. The number of hydrazine groups is 1. The Labute approximate surface area is 683 Å². The number of aliphatic hydroxyl groups excluding tert-OH is 1. The van der Waals surface area contributed by atoms with Crippen LogP contribution < -0.4 is 11.3 Å². The second-order valence-corrected chi connectivity index (χ2v) is 30.8. The van der Waals surface area contributed by atoms with Crippen LogP contribution in [0.1, 0.15) is 120 Å². The summed E-state index contributed by atoms with van der Waals surface area (Å²) < 4.78 is 39.8. The lowest BCUT2D eigenvalue weighted by Gasteiger charge is -2.27. The molecule has 0 unspecified atom stereocenters. The predicted molar refractivity (Wildman–Crippen MR) is 443 cm³/mol. The van der Waals surface area contributed by atoms with Crippen LogP contribution >= 0.6 is 92.1 Å². The highest BCUT2D eigenvalue weighted by Crippen LogP contribution is 2.37. The maximum Gasteiger partial charge on any atom is 0.419 e. The number of fused-ring (bicyclic) bond motifs is 12. The molecule has 0 aliphatic carbocycles. The van der Waals surface area contributed by atoms with E-state index in [2.05, 4.69) is 143 Å². The van der Waals surface area contributed by atoms with E-state index in [1.807, 2.05) is 102 Å². The highest BCUT2D eigenvalue weighted by molar-refractivity contribution is 9.11. The fraction of sp³-hybridized carbons (Fsp3) is 0.423. The van der Waals surface area contributed by atoms with Crippen molar-refractivity contribution in [2.45, 2.75) is 133 Å². The van der Waals surface area contributed by atoms with Gasteiger partial charge in [0.2, 0.25) is 0 Å². The SMILES string of the molecule is CCO.CCOC(=O)N1CCC(=O)CC1.CCOC(=O)N1CCc2[nH]c3cc(Br)ccc3c2C1.CCOC(=O)N1CCc2[nH]c3ccc(Br)cc3c2C1.CCOC(=O)N1CCc2c(c3cc(Br)ccc3n2C(=O)OC(C)(C)C)C1.CCOC(=O)N1CCc2c(c3ccc(Br)cc3n2C)C1.Cl.NNc1ccc(Br)cc1. The van der Waals surface area contributed by atoms with E-state index in [-0.39, 0.29) is 55.3 Å². The van der Waals surface area contributed by atoms with Crippen molar-refractivity contribution in [1.82, 2.24) is 43.6 Å². The molecule has 5 aliphatic heterocycles. The van der Waals surface area contributed by atoms with E-state index in [1.165, 1.54) is 55.4 Å². The van der Waals surface area contributed by atoms with Crippen LogP contribution in [0.2, 0.25) is 0 Å². The number of ether oxygens (including phenoxy) is 6. The average molecular weight is 1850 g/mol. The summed E-state index contributed by atoms with van der Waals surface area (Å²) in [4.78, 5) is 97.8. The number of ketones is 1. The lowest BCUT2D eigenvalue weighted by Crippen LogP contribution is -2.38. The minimum Gasteiger partial charge on any atom is -0.450 e. The van der Waals surface area contributed by atoms with Gasteiger partial charge >= 0.3 is 36.6 Å². The van der Waals surface area contributed by atoms with Crippen LogP contribution in [0.3, 0.4) is 0 Å². The Morgan fingerprint density at radius 1 is 0.450 bits per heavy atom. The number of Topliss-reactive ketones (excluding diaryl/α,β-unsaturated/α-hetero) is 1. The molecule has 0 spiro atoms. The number of amides is 5. The Morgan fingerprint density at radius 3 is 1.33 bits per heavy atom. The first kappa shape index (κ1) is 88.4. The van der Waals surface area contributed by atoms with Gasteiger partial charge in [0.15, 0.2) is 0 Å². The summed E-state index contributed by atoms with van der Waals surface area (Å²) in [6, 6.07) is 32.1. The summed E-state index contributed by atoms with van der Waals surface area (Å²) in [6.07, 6.45) is 2.39. The smallest absolute Gasteiger partial charge is 0.419 e. The molecule has 9 heterocycles. The number of nitrogens with one attached hydrogen (secondary N) is 3. The molecule has 4 aromatic heterocycles. The molecular weight excluding hydrogens is 1750 g/mol. The summed E-state index contributed by atoms with van der Waals surface area (Å²) in [5.74, 6) is 5.37. The van der Waals surface area contributed by atoms with E-state index >= 15 is 0 Å². The molecule has 109 heavy (non-hydrogen) atoms. The van der Waals surface area contributed by atoms with E-state index in [4.69, 9.17) is 39.4 Å². The van der Waals surface area contributed by atoms with Crippen LogP contribution in [0.15, 0.2) is 119 Å². The molecule has 1 saturated heterocycles. The number of nitrogens with zero attached hydrogens (tertiary/aromatic N) is 7. The Kier molecular flexibility index (Phi) is 34.0. The first-order chi connectivity index (χ1) is 51.7. The van der Waals surface area contributed by atoms with E-state index in [1.54, 1.807) is 49.8 Å². The summed E-state index contributed by atoms with van der Waals surface area (Å²) in [6.45, 7) is 24.5. The lowest BCUT2D eigenvalue weighted by atomic mass is 10.0. The van der Waals surface area contributed by atoms with E-state index in [9.17, 15) is 33.6 Å². The zero-order valence-corrected chi connectivity index (χ0v) is 71.8. The molecule has 5 amide bonds. The van der Waals surface area contributed by atoms with Crippen molar-refractivity contribution in [3.63, 3.8) is 0 Å². The van der Waals surface area contributed by atoms with Gasteiger partial charge in [-0.25, -0.2) is 33.3 Å². The van der Waals surface area contributed by atoms with E-state index in [0.29, 0.717) is 111 Å². The number of nitrogen functional groups attached to an aromatic ring is 1. The maximum atomic E-state index is 12.8. The monoisotopic (exact) mass is 1840 g/mol. The number of H-pyrrole nitrogens is 2. The summed E-state index contributed by atoms with van der Waals surface area (Å²) >= 11 is 17.3. The van der Waals surface area contributed by atoms with Gasteiger partial charge in [-0.3, -0.25) is 10.6 Å². The lowest BCUT2D eigenvalue weighted by molar-refractivity contribution is -0.121. The Balaban J connectivity index is 0.000000185. The maximum absolute atomic E-state index is 12.8. The van der Waals surface area contributed by atoms with Gasteiger partial charge in [-0.1, -0.05) is 91.8 Å². The number of benzene rings is 5. The van der Waals surface area contributed by atoms with E-state index < -0.39 is 11.7 Å². The Bertz CT molecular complexity index is 4620. The summed E-state index contributed by atoms with van der Waals surface area (Å²) in [7, 11) is 2.09. The van der Waals surface area contributed by atoms with Gasteiger partial charge in [0.05, 0.1) is 64.7 Å². The van der Waals surface area contributed by atoms with Crippen LogP contribution in [0.5, 0.6) is 0 Å². The van der Waals surface area contributed by atoms with Crippen LogP contribution in [-0.2, 0) is 92.1 Å².